The number of piperidine rings is 1. The van der Waals surface area contributed by atoms with E-state index in [0.29, 0.717) is 12.6 Å². The summed E-state index contributed by atoms with van der Waals surface area (Å²) in [6, 6.07) is 0.677. The van der Waals surface area contributed by atoms with Gasteiger partial charge >= 0.3 is 0 Å². The average molecular weight is 299 g/mol. The van der Waals surface area contributed by atoms with Gasteiger partial charge in [-0.05, 0) is 25.8 Å². The van der Waals surface area contributed by atoms with Crippen LogP contribution in [0.3, 0.4) is 0 Å². The molecule has 0 bridgehead atoms. The normalized spacial score (nSPS) is 18.4. The Kier molecular flexibility index (Phi) is 12.0. The molecule has 2 N–H and O–H groups in total. The summed E-state index contributed by atoms with van der Waals surface area (Å²) in [5.74, 6) is -0.120. The van der Waals surface area contributed by atoms with Crippen LogP contribution in [0.4, 0.5) is 0 Å². The summed E-state index contributed by atoms with van der Waals surface area (Å²) in [5.41, 5.74) is 0. The van der Waals surface area contributed by atoms with Gasteiger partial charge in [0.15, 0.2) is 0 Å². The van der Waals surface area contributed by atoms with E-state index in [1.54, 1.807) is 7.05 Å². The first-order valence-corrected chi connectivity index (χ1v) is 8.38. The number of amides is 2. The second-order valence-corrected chi connectivity index (χ2v) is 5.12. The Morgan fingerprint density at radius 1 is 1.14 bits per heavy atom. The van der Waals surface area contributed by atoms with Crippen LogP contribution in [-0.4, -0.2) is 49.4 Å². The third-order valence-corrected chi connectivity index (χ3v) is 3.80. The van der Waals surface area contributed by atoms with Crippen molar-refractivity contribution in [3.8, 4) is 0 Å². The molecule has 1 saturated heterocycles. The van der Waals surface area contributed by atoms with Gasteiger partial charge in [-0.1, -0.05) is 27.2 Å². The molecule has 1 unspecified atom stereocenters. The van der Waals surface area contributed by atoms with E-state index in [2.05, 4.69) is 22.5 Å². The highest BCUT2D eigenvalue weighted by atomic mass is 16.2. The molecule has 2 amide bonds. The van der Waals surface area contributed by atoms with E-state index < -0.39 is 0 Å². The third-order valence-electron chi connectivity index (χ3n) is 3.80. The second kappa shape index (κ2) is 12.6. The highest BCUT2D eigenvalue weighted by Crippen LogP contribution is 2.18. The first-order valence-electron chi connectivity index (χ1n) is 8.38. The molecule has 0 aromatic heterocycles. The van der Waals surface area contributed by atoms with Crippen molar-refractivity contribution in [2.24, 2.45) is 0 Å². The minimum absolute atomic E-state index is 0.0337. The van der Waals surface area contributed by atoms with E-state index in [1.807, 2.05) is 13.8 Å². The number of likely N-dealkylation sites (tertiary alicyclic amines) is 1. The predicted octanol–water partition coefficient (Wildman–Crippen LogP) is 1.92. The molecule has 5 nitrogen and oxygen atoms in total. The molecule has 0 aromatic carbocycles. The van der Waals surface area contributed by atoms with Crippen molar-refractivity contribution in [3.63, 3.8) is 0 Å². The Morgan fingerprint density at radius 3 is 2.43 bits per heavy atom. The van der Waals surface area contributed by atoms with Crippen molar-refractivity contribution in [2.45, 2.75) is 65.3 Å². The number of rotatable bonds is 7. The fourth-order valence-corrected chi connectivity index (χ4v) is 2.60. The maximum atomic E-state index is 11.5. The SMILES string of the molecule is CC.CCC1CCCCN1CCNC(=O)CCC(=O)NC. The summed E-state index contributed by atoms with van der Waals surface area (Å²) in [7, 11) is 1.58. The zero-order chi connectivity index (χ0) is 16.1. The number of hydrogen-bond acceptors (Lipinski definition) is 3. The highest BCUT2D eigenvalue weighted by Gasteiger charge is 2.20. The minimum Gasteiger partial charge on any atom is -0.359 e. The summed E-state index contributed by atoms with van der Waals surface area (Å²) in [4.78, 5) is 25.0. The quantitative estimate of drug-likeness (QED) is 0.755. The molecule has 21 heavy (non-hydrogen) atoms. The van der Waals surface area contributed by atoms with Crippen LogP contribution >= 0.6 is 0 Å². The molecule has 0 saturated carbocycles. The van der Waals surface area contributed by atoms with Crippen molar-refractivity contribution in [1.82, 2.24) is 15.5 Å². The topological polar surface area (TPSA) is 61.4 Å². The van der Waals surface area contributed by atoms with Crippen LogP contribution in [0.25, 0.3) is 0 Å². The van der Waals surface area contributed by atoms with Crippen molar-refractivity contribution in [1.29, 1.82) is 0 Å². The fourth-order valence-electron chi connectivity index (χ4n) is 2.60. The van der Waals surface area contributed by atoms with Crippen molar-refractivity contribution in [2.75, 3.05) is 26.7 Å². The van der Waals surface area contributed by atoms with Crippen molar-refractivity contribution < 1.29 is 9.59 Å². The first-order chi connectivity index (χ1) is 10.2. The van der Waals surface area contributed by atoms with E-state index in [1.165, 1.54) is 25.7 Å². The fraction of sp³-hybridized carbons (Fsp3) is 0.875. The number of carbonyl (C=O) groups excluding carboxylic acids is 2. The maximum absolute atomic E-state index is 11.5. The Balaban J connectivity index is 0.00000191. The van der Waals surface area contributed by atoms with Gasteiger partial charge in [0.2, 0.25) is 11.8 Å². The number of nitrogens with zero attached hydrogens (tertiary/aromatic N) is 1. The Morgan fingerprint density at radius 2 is 1.81 bits per heavy atom. The number of hydrogen-bond donors (Lipinski definition) is 2. The van der Waals surface area contributed by atoms with Crippen LogP contribution < -0.4 is 10.6 Å². The molecule has 1 rings (SSSR count). The lowest BCUT2D eigenvalue weighted by Gasteiger charge is -2.35. The molecule has 1 fully saturated rings. The predicted molar refractivity (Wildman–Crippen MR) is 87.2 cm³/mol. The number of carbonyl (C=O) groups is 2. The molecule has 0 spiro atoms. The molecular formula is C16H33N3O2. The van der Waals surface area contributed by atoms with Gasteiger partial charge in [0.25, 0.3) is 0 Å². The van der Waals surface area contributed by atoms with Crippen LogP contribution in [0.5, 0.6) is 0 Å². The standard InChI is InChI=1S/C14H27N3O2.C2H6/c1-3-12-6-4-5-10-17(12)11-9-16-14(19)8-7-13(18)15-2;1-2/h12H,3-11H2,1-2H3,(H,15,18)(H,16,19);1-2H3. The van der Waals surface area contributed by atoms with Crippen LogP contribution in [0, 0.1) is 0 Å². The zero-order valence-corrected chi connectivity index (χ0v) is 14.2. The first kappa shape index (κ1) is 19.9. The van der Waals surface area contributed by atoms with Gasteiger partial charge in [0, 0.05) is 39.0 Å². The zero-order valence-electron chi connectivity index (χ0n) is 14.2. The molecule has 1 aliphatic rings. The largest absolute Gasteiger partial charge is 0.359 e. The smallest absolute Gasteiger partial charge is 0.220 e. The Hall–Kier alpha value is -1.10. The molecule has 1 heterocycles. The van der Waals surface area contributed by atoms with Crippen LogP contribution in [-0.2, 0) is 9.59 Å². The highest BCUT2D eigenvalue weighted by molar-refractivity contribution is 5.83. The molecule has 0 aliphatic carbocycles. The molecule has 0 radical (unpaired) electrons. The van der Waals surface area contributed by atoms with Crippen molar-refractivity contribution >= 4 is 11.8 Å². The van der Waals surface area contributed by atoms with Gasteiger partial charge in [-0.2, -0.15) is 0 Å². The maximum Gasteiger partial charge on any atom is 0.220 e. The summed E-state index contributed by atoms with van der Waals surface area (Å²) in [6.45, 7) is 8.98. The van der Waals surface area contributed by atoms with Gasteiger partial charge in [0.05, 0.1) is 0 Å². The van der Waals surface area contributed by atoms with Gasteiger partial charge in [-0.15, -0.1) is 0 Å². The minimum atomic E-state index is -0.0859. The average Bonchev–Trinajstić information content (AvgIpc) is 2.54. The van der Waals surface area contributed by atoms with E-state index in [9.17, 15) is 9.59 Å². The summed E-state index contributed by atoms with van der Waals surface area (Å²) >= 11 is 0. The summed E-state index contributed by atoms with van der Waals surface area (Å²) < 4.78 is 0. The van der Waals surface area contributed by atoms with Gasteiger partial charge < -0.3 is 10.6 Å². The van der Waals surface area contributed by atoms with Crippen molar-refractivity contribution in [3.05, 3.63) is 0 Å². The molecular weight excluding hydrogens is 266 g/mol. The molecule has 124 valence electrons. The van der Waals surface area contributed by atoms with Gasteiger partial charge in [-0.3, -0.25) is 14.5 Å². The van der Waals surface area contributed by atoms with Crippen LogP contribution in [0.1, 0.15) is 59.3 Å². The second-order valence-electron chi connectivity index (χ2n) is 5.12. The molecule has 0 aromatic rings. The van der Waals surface area contributed by atoms with E-state index in [0.717, 1.165) is 13.1 Å². The summed E-state index contributed by atoms with van der Waals surface area (Å²) in [6.07, 6.45) is 5.60. The lowest BCUT2D eigenvalue weighted by molar-refractivity contribution is -0.126. The summed E-state index contributed by atoms with van der Waals surface area (Å²) in [5, 5.41) is 5.41. The van der Waals surface area contributed by atoms with Gasteiger partial charge in [0.1, 0.15) is 0 Å². The molecule has 1 atom stereocenters. The van der Waals surface area contributed by atoms with E-state index >= 15 is 0 Å². The number of nitrogens with one attached hydrogen (secondary N) is 2. The lowest BCUT2D eigenvalue weighted by Crippen LogP contribution is -2.43. The van der Waals surface area contributed by atoms with Crippen LogP contribution in [0.2, 0.25) is 0 Å². The Labute approximate surface area is 129 Å². The van der Waals surface area contributed by atoms with Gasteiger partial charge in [-0.25, -0.2) is 0 Å². The lowest BCUT2D eigenvalue weighted by atomic mass is 10.0. The monoisotopic (exact) mass is 299 g/mol. The molecule has 1 aliphatic heterocycles. The third kappa shape index (κ3) is 8.71. The van der Waals surface area contributed by atoms with Crippen LogP contribution in [0.15, 0.2) is 0 Å². The van der Waals surface area contributed by atoms with E-state index in [-0.39, 0.29) is 24.7 Å². The Bertz CT molecular complexity index is 295. The molecule has 5 heteroatoms. The van der Waals surface area contributed by atoms with E-state index in [4.69, 9.17) is 0 Å².